The lowest BCUT2D eigenvalue weighted by atomic mass is 10.1. The Kier molecular flexibility index (Phi) is 5.90. The van der Waals surface area contributed by atoms with Crippen LogP contribution in [0.15, 0.2) is 36.5 Å². The van der Waals surface area contributed by atoms with Crippen LogP contribution in [0, 0.1) is 0 Å². The van der Waals surface area contributed by atoms with Crippen molar-refractivity contribution in [1.82, 2.24) is 10.3 Å². The number of carboxylic acids is 1. The quantitative estimate of drug-likeness (QED) is 0.777. The van der Waals surface area contributed by atoms with E-state index in [0.29, 0.717) is 11.5 Å². The summed E-state index contributed by atoms with van der Waals surface area (Å²) in [5.74, 6) is -0.157. The van der Waals surface area contributed by atoms with E-state index in [4.69, 9.17) is 14.6 Å². The number of carboxylic acid groups (broad SMARTS) is 1. The van der Waals surface area contributed by atoms with Crippen molar-refractivity contribution in [2.75, 3.05) is 7.11 Å². The number of ether oxygens (including phenoxy) is 2. The topological polar surface area (TPSA) is 97.8 Å². The second-order valence-electron chi connectivity index (χ2n) is 6.42. The van der Waals surface area contributed by atoms with Crippen LogP contribution in [0.3, 0.4) is 0 Å². The first-order chi connectivity index (χ1) is 13.1. The first-order valence-electron chi connectivity index (χ1n) is 8.88. The molecule has 0 spiro atoms. The summed E-state index contributed by atoms with van der Waals surface area (Å²) in [6, 6.07) is 8.23. The third-order valence-electron chi connectivity index (χ3n) is 4.55. The number of aromatic nitrogens is 1. The lowest BCUT2D eigenvalue weighted by Gasteiger charge is -2.18. The summed E-state index contributed by atoms with van der Waals surface area (Å²) in [6.07, 6.45) is 5.87. The molecular formula is C20H22N2O5. The number of benzene rings is 1. The Morgan fingerprint density at radius 2 is 2.00 bits per heavy atom. The Morgan fingerprint density at radius 3 is 2.70 bits per heavy atom. The Bertz CT molecular complexity index is 831. The summed E-state index contributed by atoms with van der Waals surface area (Å²) in [5, 5.41) is 11.8. The minimum absolute atomic E-state index is 0.169. The van der Waals surface area contributed by atoms with E-state index < -0.39 is 5.97 Å². The van der Waals surface area contributed by atoms with Crippen LogP contribution in [-0.2, 0) is 6.54 Å². The van der Waals surface area contributed by atoms with Gasteiger partial charge in [-0.1, -0.05) is 0 Å². The molecule has 7 nitrogen and oxygen atoms in total. The molecule has 1 fully saturated rings. The molecule has 0 radical (unpaired) electrons. The molecule has 0 atom stereocenters. The normalized spacial score (nSPS) is 14.0. The number of hydrogen-bond acceptors (Lipinski definition) is 5. The highest BCUT2D eigenvalue weighted by Crippen LogP contribution is 2.30. The average Bonchev–Trinajstić information content (AvgIpc) is 3.19. The lowest BCUT2D eigenvalue weighted by molar-refractivity contribution is 0.0690. The van der Waals surface area contributed by atoms with E-state index in [0.717, 1.165) is 31.2 Å². The summed E-state index contributed by atoms with van der Waals surface area (Å²) in [4.78, 5) is 27.1. The van der Waals surface area contributed by atoms with Crippen LogP contribution in [0.2, 0.25) is 0 Å². The molecule has 1 saturated carbocycles. The fraction of sp³-hybridized carbons (Fsp3) is 0.350. The van der Waals surface area contributed by atoms with Gasteiger partial charge >= 0.3 is 5.97 Å². The number of nitrogens with one attached hydrogen (secondary N) is 1. The number of amides is 1. The van der Waals surface area contributed by atoms with Crippen molar-refractivity contribution >= 4 is 11.9 Å². The third-order valence-corrected chi connectivity index (χ3v) is 4.55. The molecule has 3 rings (SSSR count). The summed E-state index contributed by atoms with van der Waals surface area (Å²) in [6.45, 7) is 0.260. The van der Waals surface area contributed by atoms with Crippen molar-refractivity contribution in [2.45, 2.75) is 38.3 Å². The number of carbonyl (C=O) groups is 2. The summed E-state index contributed by atoms with van der Waals surface area (Å²) >= 11 is 0. The predicted octanol–water partition coefficient (Wildman–Crippen LogP) is 3.04. The molecule has 1 heterocycles. The number of hydrogen-bond donors (Lipinski definition) is 2. The zero-order valence-corrected chi connectivity index (χ0v) is 15.1. The predicted molar refractivity (Wildman–Crippen MR) is 98.2 cm³/mol. The van der Waals surface area contributed by atoms with Gasteiger partial charge in [-0.2, -0.15) is 0 Å². The summed E-state index contributed by atoms with van der Waals surface area (Å²) in [7, 11) is 1.60. The molecule has 0 unspecified atom stereocenters. The zero-order valence-electron chi connectivity index (χ0n) is 15.1. The maximum atomic E-state index is 12.4. The number of methoxy groups -OCH3 is 1. The minimum Gasteiger partial charge on any atom is -0.497 e. The van der Waals surface area contributed by atoms with Crippen LogP contribution in [0.5, 0.6) is 11.5 Å². The van der Waals surface area contributed by atoms with Gasteiger partial charge in [0.15, 0.2) is 0 Å². The second kappa shape index (κ2) is 8.53. The Morgan fingerprint density at radius 1 is 1.22 bits per heavy atom. The van der Waals surface area contributed by atoms with Gasteiger partial charge < -0.3 is 19.9 Å². The van der Waals surface area contributed by atoms with E-state index in [-0.39, 0.29) is 29.8 Å². The van der Waals surface area contributed by atoms with Crippen LogP contribution < -0.4 is 14.8 Å². The Hall–Kier alpha value is -3.09. The number of rotatable bonds is 7. The standard InChI is InChI=1S/C20H22N2O5/c1-26-16-7-6-14(18(11-16)27-15-4-2-3-5-15)12-22-19(23)13-8-9-21-17(10-13)20(24)25/h6-11,15H,2-5,12H2,1H3,(H,22,23)(H,24,25). The van der Waals surface area contributed by atoms with Gasteiger partial charge in [0.1, 0.15) is 17.2 Å². The number of aromatic carboxylic acids is 1. The van der Waals surface area contributed by atoms with E-state index in [1.54, 1.807) is 7.11 Å². The number of pyridine rings is 1. The molecule has 1 aromatic carbocycles. The SMILES string of the molecule is COc1ccc(CNC(=O)c2ccnc(C(=O)O)c2)c(OC2CCCC2)c1. The van der Waals surface area contributed by atoms with Crippen molar-refractivity contribution in [3.8, 4) is 11.5 Å². The smallest absolute Gasteiger partial charge is 0.354 e. The summed E-state index contributed by atoms with van der Waals surface area (Å²) < 4.78 is 11.4. The number of nitrogens with zero attached hydrogens (tertiary/aromatic N) is 1. The largest absolute Gasteiger partial charge is 0.497 e. The van der Waals surface area contributed by atoms with E-state index in [1.165, 1.54) is 18.3 Å². The van der Waals surface area contributed by atoms with Gasteiger partial charge in [0.25, 0.3) is 5.91 Å². The van der Waals surface area contributed by atoms with Crippen molar-refractivity contribution in [3.05, 3.63) is 53.3 Å². The Balaban J connectivity index is 1.71. The summed E-state index contributed by atoms with van der Waals surface area (Å²) in [5.41, 5.74) is 0.912. The first-order valence-corrected chi connectivity index (χ1v) is 8.88. The highest BCUT2D eigenvalue weighted by Gasteiger charge is 2.19. The van der Waals surface area contributed by atoms with Crippen LogP contribution in [-0.4, -0.2) is 35.2 Å². The molecule has 1 aliphatic carbocycles. The van der Waals surface area contributed by atoms with Gasteiger partial charge in [-0.25, -0.2) is 9.78 Å². The highest BCUT2D eigenvalue weighted by atomic mass is 16.5. The van der Waals surface area contributed by atoms with Gasteiger partial charge in [-0.15, -0.1) is 0 Å². The van der Waals surface area contributed by atoms with E-state index in [9.17, 15) is 9.59 Å². The molecule has 0 bridgehead atoms. The third kappa shape index (κ3) is 4.75. The lowest BCUT2D eigenvalue weighted by Crippen LogP contribution is -2.24. The average molecular weight is 370 g/mol. The first kappa shape index (κ1) is 18.7. The van der Waals surface area contributed by atoms with Crippen LogP contribution in [0.4, 0.5) is 0 Å². The molecule has 27 heavy (non-hydrogen) atoms. The van der Waals surface area contributed by atoms with Crippen LogP contribution >= 0.6 is 0 Å². The Labute approximate surface area is 157 Å². The zero-order chi connectivity index (χ0) is 19.2. The maximum absolute atomic E-state index is 12.4. The van der Waals surface area contributed by atoms with Crippen molar-refractivity contribution in [1.29, 1.82) is 0 Å². The van der Waals surface area contributed by atoms with Crippen molar-refractivity contribution in [2.24, 2.45) is 0 Å². The van der Waals surface area contributed by atoms with Crippen LogP contribution in [0.25, 0.3) is 0 Å². The molecule has 142 valence electrons. The van der Waals surface area contributed by atoms with E-state index in [1.807, 2.05) is 18.2 Å². The molecule has 2 aromatic rings. The fourth-order valence-corrected chi connectivity index (χ4v) is 3.07. The monoisotopic (exact) mass is 370 g/mol. The highest BCUT2D eigenvalue weighted by molar-refractivity contribution is 5.96. The van der Waals surface area contributed by atoms with E-state index >= 15 is 0 Å². The van der Waals surface area contributed by atoms with Gasteiger partial charge in [0, 0.05) is 29.9 Å². The second-order valence-corrected chi connectivity index (χ2v) is 6.42. The van der Waals surface area contributed by atoms with Gasteiger partial charge in [-0.05, 0) is 49.9 Å². The molecule has 2 N–H and O–H groups in total. The molecular weight excluding hydrogens is 348 g/mol. The van der Waals surface area contributed by atoms with Crippen molar-refractivity contribution < 1.29 is 24.2 Å². The number of carbonyl (C=O) groups excluding carboxylic acids is 1. The molecule has 0 aliphatic heterocycles. The van der Waals surface area contributed by atoms with Crippen LogP contribution in [0.1, 0.15) is 52.1 Å². The molecule has 0 saturated heterocycles. The molecule has 7 heteroatoms. The molecule has 1 aromatic heterocycles. The van der Waals surface area contributed by atoms with Gasteiger partial charge in [0.2, 0.25) is 0 Å². The van der Waals surface area contributed by atoms with Gasteiger partial charge in [-0.3, -0.25) is 4.79 Å². The minimum atomic E-state index is -1.17. The van der Waals surface area contributed by atoms with Gasteiger partial charge in [0.05, 0.1) is 13.2 Å². The van der Waals surface area contributed by atoms with E-state index in [2.05, 4.69) is 10.3 Å². The maximum Gasteiger partial charge on any atom is 0.354 e. The molecule has 1 amide bonds. The van der Waals surface area contributed by atoms with Crippen molar-refractivity contribution in [3.63, 3.8) is 0 Å². The molecule has 1 aliphatic rings. The fourth-order valence-electron chi connectivity index (χ4n) is 3.07.